The molecule has 0 unspecified atom stereocenters. The second-order valence-electron chi connectivity index (χ2n) is 6.57. The summed E-state index contributed by atoms with van der Waals surface area (Å²) in [5.74, 6) is 0.372. The molecule has 0 fully saturated rings. The lowest BCUT2D eigenvalue weighted by Gasteiger charge is -2.04. The van der Waals surface area contributed by atoms with Crippen molar-refractivity contribution in [3.63, 3.8) is 0 Å². The van der Waals surface area contributed by atoms with E-state index < -0.39 is 4.92 Å². The van der Waals surface area contributed by atoms with E-state index in [1.54, 1.807) is 6.07 Å². The molecule has 3 aromatic carbocycles. The number of hydrogen-bond donors (Lipinski definition) is 1. The van der Waals surface area contributed by atoms with E-state index in [1.165, 1.54) is 23.9 Å². The molecule has 144 valence electrons. The third kappa shape index (κ3) is 4.52. The highest BCUT2D eigenvalue weighted by atomic mass is 32.2. The van der Waals surface area contributed by atoms with Gasteiger partial charge in [-0.3, -0.25) is 14.9 Å². The third-order valence-corrected chi connectivity index (χ3v) is 5.42. The van der Waals surface area contributed by atoms with E-state index in [2.05, 4.69) is 22.1 Å². The zero-order valence-electron chi connectivity index (χ0n) is 15.4. The molecule has 0 aliphatic carbocycles. The van der Waals surface area contributed by atoms with E-state index in [0.717, 1.165) is 16.7 Å². The van der Waals surface area contributed by atoms with Crippen LogP contribution < -0.4 is 0 Å². The smallest absolute Gasteiger partial charge is 0.271 e. The molecular weight excluding hydrogens is 386 g/mol. The second-order valence-corrected chi connectivity index (χ2v) is 7.53. The zero-order valence-corrected chi connectivity index (χ0v) is 16.2. The molecule has 1 heterocycles. The summed E-state index contributed by atoms with van der Waals surface area (Å²) in [6.07, 6.45) is 0.355. The number of nitro benzene ring substituents is 1. The number of ketones is 1. The van der Waals surface area contributed by atoms with Crippen LogP contribution in [0.2, 0.25) is 0 Å². The fraction of sp³-hybridized carbons (Fsp3) is 0.0909. The Morgan fingerprint density at radius 2 is 1.72 bits per heavy atom. The maximum Gasteiger partial charge on any atom is 0.271 e. The highest BCUT2D eigenvalue weighted by Gasteiger charge is 2.11. The van der Waals surface area contributed by atoms with Crippen LogP contribution in [0.3, 0.4) is 0 Å². The van der Waals surface area contributed by atoms with E-state index in [-0.39, 0.29) is 17.2 Å². The van der Waals surface area contributed by atoms with E-state index in [1.807, 2.05) is 42.5 Å². The normalized spacial score (nSPS) is 10.9. The first-order valence-electron chi connectivity index (χ1n) is 9.01. The van der Waals surface area contributed by atoms with Crippen LogP contribution in [0.25, 0.3) is 22.2 Å². The molecule has 0 aliphatic heterocycles. The first kappa shape index (κ1) is 18.9. The van der Waals surface area contributed by atoms with Crippen molar-refractivity contribution < 1.29 is 9.72 Å². The molecule has 0 aliphatic rings. The number of carbonyl (C=O) groups is 1. The van der Waals surface area contributed by atoms with Gasteiger partial charge >= 0.3 is 0 Å². The highest BCUT2D eigenvalue weighted by molar-refractivity contribution is 7.99. The lowest BCUT2D eigenvalue weighted by atomic mass is 10.0. The second kappa shape index (κ2) is 8.28. The largest absolute Gasteiger partial charge is 0.333 e. The van der Waals surface area contributed by atoms with Crippen LogP contribution in [0.15, 0.2) is 78.0 Å². The molecule has 1 N–H and O–H groups in total. The number of nitrogens with zero attached hydrogens (tertiary/aromatic N) is 2. The van der Waals surface area contributed by atoms with Gasteiger partial charge in [-0.15, -0.1) is 0 Å². The van der Waals surface area contributed by atoms with Crippen molar-refractivity contribution in [2.45, 2.75) is 11.6 Å². The Hall–Kier alpha value is -3.45. The summed E-state index contributed by atoms with van der Waals surface area (Å²) in [4.78, 5) is 30.2. The molecule has 6 nitrogen and oxygen atoms in total. The summed E-state index contributed by atoms with van der Waals surface area (Å²) in [6, 6.07) is 22.6. The Balaban J connectivity index is 1.36. The van der Waals surface area contributed by atoms with E-state index >= 15 is 0 Å². The summed E-state index contributed by atoms with van der Waals surface area (Å²) in [5.41, 5.74) is 4.47. The van der Waals surface area contributed by atoms with Gasteiger partial charge in [0.05, 0.1) is 21.7 Å². The van der Waals surface area contributed by atoms with Crippen molar-refractivity contribution in [3.05, 3.63) is 88.5 Å². The molecule has 0 atom stereocenters. The summed E-state index contributed by atoms with van der Waals surface area (Å²) in [6.45, 7) is 0. The molecule has 0 amide bonds. The fourth-order valence-electron chi connectivity index (χ4n) is 3.03. The Kier molecular flexibility index (Phi) is 5.39. The van der Waals surface area contributed by atoms with Crippen molar-refractivity contribution in [3.8, 4) is 11.1 Å². The SMILES string of the molecule is O=C(CSc1nc2ccc([N+](=O)[O-])cc2[nH]1)Cc1ccc(-c2ccccc2)cc1. The van der Waals surface area contributed by atoms with Crippen molar-refractivity contribution in [1.29, 1.82) is 0 Å². The first-order chi connectivity index (χ1) is 14.1. The van der Waals surface area contributed by atoms with Gasteiger partial charge in [0.1, 0.15) is 5.78 Å². The van der Waals surface area contributed by atoms with Gasteiger partial charge in [-0.2, -0.15) is 0 Å². The number of thioether (sulfide) groups is 1. The summed E-state index contributed by atoms with van der Waals surface area (Å²) >= 11 is 1.30. The number of hydrogen-bond acceptors (Lipinski definition) is 5. The van der Waals surface area contributed by atoms with Gasteiger partial charge in [0.25, 0.3) is 5.69 Å². The minimum Gasteiger partial charge on any atom is -0.333 e. The molecule has 0 bridgehead atoms. The summed E-state index contributed by atoms with van der Waals surface area (Å²) in [7, 11) is 0. The number of nitro groups is 1. The Morgan fingerprint density at radius 3 is 2.45 bits per heavy atom. The van der Waals surface area contributed by atoms with Crippen LogP contribution in [0.1, 0.15) is 5.56 Å². The molecule has 0 spiro atoms. The molecule has 0 saturated heterocycles. The highest BCUT2D eigenvalue weighted by Crippen LogP contribution is 2.24. The maximum absolute atomic E-state index is 12.3. The number of fused-ring (bicyclic) bond motifs is 1. The Morgan fingerprint density at radius 1 is 1.00 bits per heavy atom. The predicted octanol–water partition coefficient (Wildman–Crippen LogP) is 5.04. The maximum atomic E-state index is 12.3. The number of aromatic amines is 1. The van der Waals surface area contributed by atoms with Gasteiger partial charge < -0.3 is 4.98 Å². The third-order valence-electron chi connectivity index (χ3n) is 4.49. The van der Waals surface area contributed by atoms with Crippen LogP contribution in [-0.2, 0) is 11.2 Å². The molecule has 4 aromatic rings. The molecule has 7 heteroatoms. The topological polar surface area (TPSA) is 88.9 Å². The van der Waals surface area contributed by atoms with E-state index in [9.17, 15) is 14.9 Å². The zero-order chi connectivity index (χ0) is 20.2. The number of Topliss-reactive ketones (excluding diaryl/α,β-unsaturated/α-hetero) is 1. The van der Waals surface area contributed by atoms with Crippen LogP contribution in [0.4, 0.5) is 5.69 Å². The van der Waals surface area contributed by atoms with Gasteiger partial charge in [0.2, 0.25) is 0 Å². The standard InChI is InChI=1S/C22H17N3O3S/c26-19(12-15-6-8-17(9-7-15)16-4-2-1-3-5-16)14-29-22-23-20-11-10-18(25(27)28)13-21(20)24-22/h1-11,13H,12,14H2,(H,23,24). The number of benzene rings is 3. The van der Waals surface area contributed by atoms with Crippen LogP contribution in [-0.4, -0.2) is 26.4 Å². The van der Waals surface area contributed by atoms with Gasteiger partial charge in [0, 0.05) is 18.6 Å². The molecule has 0 radical (unpaired) electrons. The molecule has 4 rings (SSSR count). The number of non-ortho nitro benzene ring substituents is 1. The van der Waals surface area contributed by atoms with Gasteiger partial charge in [-0.25, -0.2) is 4.98 Å². The van der Waals surface area contributed by atoms with Crippen LogP contribution >= 0.6 is 11.8 Å². The van der Waals surface area contributed by atoms with Crippen LogP contribution in [0.5, 0.6) is 0 Å². The van der Waals surface area contributed by atoms with E-state index in [0.29, 0.717) is 22.6 Å². The molecule has 1 aromatic heterocycles. The monoisotopic (exact) mass is 403 g/mol. The van der Waals surface area contributed by atoms with Crippen molar-refractivity contribution >= 4 is 34.3 Å². The number of H-pyrrole nitrogens is 1. The number of nitrogens with one attached hydrogen (secondary N) is 1. The lowest BCUT2D eigenvalue weighted by Crippen LogP contribution is -2.05. The molecule has 29 heavy (non-hydrogen) atoms. The van der Waals surface area contributed by atoms with Crippen LogP contribution in [0, 0.1) is 10.1 Å². The lowest BCUT2D eigenvalue weighted by molar-refractivity contribution is -0.384. The predicted molar refractivity (Wildman–Crippen MR) is 114 cm³/mol. The van der Waals surface area contributed by atoms with Gasteiger partial charge in [-0.1, -0.05) is 66.4 Å². The number of imidazole rings is 1. The Bertz CT molecular complexity index is 1170. The average Bonchev–Trinajstić information content (AvgIpc) is 3.15. The fourth-order valence-corrected chi connectivity index (χ4v) is 3.77. The molecule has 0 saturated carbocycles. The number of carbonyl (C=O) groups excluding carboxylic acids is 1. The van der Waals surface area contributed by atoms with Crippen molar-refractivity contribution in [2.24, 2.45) is 0 Å². The summed E-state index contributed by atoms with van der Waals surface area (Å²) < 4.78 is 0. The number of aromatic nitrogens is 2. The first-order valence-corrected chi connectivity index (χ1v) is 10.00. The van der Waals surface area contributed by atoms with Gasteiger partial charge in [-0.05, 0) is 22.8 Å². The van der Waals surface area contributed by atoms with Gasteiger partial charge in [0.15, 0.2) is 5.16 Å². The average molecular weight is 403 g/mol. The van der Waals surface area contributed by atoms with Crippen molar-refractivity contribution in [1.82, 2.24) is 9.97 Å². The minimum atomic E-state index is -0.445. The molecular formula is C22H17N3O3S. The minimum absolute atomic E-state index is 0.00715. The van der Waals surface area contributed by atoms with Crippen molar-refractivity contribution in [2.75, 3.05) is 5.75 Å². The summed E-state index contributed by atoms with van der Waals surface area (Å²) in [5, 5.41) is 11.4. The quantitative estimate of drug-likeness (QED) is 0.265. The number of rotatable bonds is 7. The van der Waals surface area contributed by atoms with E-state index in [4.69, 9.17) is 0 Å². The Labute approximate surface area is 171 Å².